The molecule has 2 rings (SSSR count). The van der Waals surface area contributed by atoms with Gasteiger partial charge in [0.25, 0.3) is 0 Å². The van der Waals surface area contributed by atoms with Crippen LogP contribution in [0.3, 0.4) is 0 Å². The molecule has 2 aromatic rings. The fourth-order valence-electron chi connectivity index (χ4n) is 1.70. The van der Waals surface area contributed by atoms with Gasteiger partial charge in [-0.25, -0.2) is 4.98 Å². The molecule has 0 atom stereocenters. The molecule has 0 unspecified atom stereocenters. The molecule has 0 saturated heterocycles. The first-order chi connectivity index (χ1) is 10.1. The lowest BCUT2D eigenvalue weighted by Gasteiger charge is -2.10. The van der Waals surface area contributed by atoms with Crippen molar-refractivity contribution in [2.75, 3.05) is 6.61 Å². The van der Waals surface area contributed by atoms with Gasteiger partial charge >= 0.3 is 0 Å². The van der Waals surface area contributed by atoms with Crippen molar-refractivity contribution in [2.45, 2.75) is 20.4 Å². The number of nitrogens with zero attached hydrogens (tertiary/aromatic N) is 3. The third kappa shape index (κ3) is 4.76. The van der Waals surface area contributed by atoms with E-state index >= 15 is 0 Å². The predicted molar refractivity (Wildman–Crippen MR) is 86.0 cm³/mol. The molecule has 1 aromatic carbocycles. The smallest absolute Gasteiger partial charge is 0.119 e. The normalized spacial score (nSPS) is 12.0. The number of rotatable bonds is 6. The van der Waals surface area contributed by atoms with Crippen LogP contribution in [0.25, 0.3) is 0 Å². The van der Waals surface area contributed by atoms with Crippen molar-refractivity contribution >= 4 is 28.9 Å². The van der Waals surface area contributed by atoms with Crippen LogP contribution >= 0.6 is 23.2 Å². The molecular weight excluding hydrogens is 309 g/mol. The standard InChI is InChI=1S/C15H17Cl2N3O/c1-11(2)9-21-19-15(8-20-6-5-18-10-20)13-4-3-12(16)7-14(13)17/h3-7,10-11H,8-9H2,1-2H3/b19-15-. The van der Waals surface area contributed by atoms with Crippen LogP contribution in [0.1, 0.15) is 19.4 Å². The molecule has 1 heterocycles. The summed E-state index contributed by atoms with van der Waals surface area (Å²) in [7, 11) is 0. The molecule has 0 saturated carbocycles. The van der Waals surface area contributed by atoms with Crippen molar-refractivity contribution in [1.82, 2.24) is 9.55 Å². The van der Waals surface area contributed by atoms with Gasteiger partial charge in [0.15, 0.2) is 0 Å². The number of hydrogen-bond donors (Lipinski definition) is 0. The van der Waals surface area contributed by atoms with E-state index in [1.807, 2.05) is 16.8 Å². The molecule has 0 fully saturated rings. The largest absolute Gasteiger partial charge is 0.395 e. The number of aromatic nitrogens is 2. The van der Waals surface area contributed by atoms with Crippen LogP contribution < -0.4 is 0 Å². The third-order valence-corrected chi connectivity index (χ3v) is 3.26. The van der Waals surface area contributed by atoms with Gasteiger partial charge in [-0.1, -0.05) is 42.2 Å². The highest BCUT2D eigenvalue weighted by Crippen LogP contribution is 2.22. The van der Waals surface area contributed by atoms with Gasteiger partial charge in [-0.2, -0.15) is 0 Å². The number of hydrogen-bond acceptors (Lipinski definition) is 3. The molecule has 0 aliphatic heterocycles. The van der Waals surface area contributed by atoms with Crippen LogP contribution in [0.2, 0.25) is 10.0 Å². The van der Waals surface area contributed by atoms with E-state index in [2.05, 4.69) is 24.0 Å². The molecule has 0 spiro atoms. The summed E-state index contributed by atoms with van der Waals surface area (Å²) in [5.41, 5.74) is 1.54. The zero-order valence-electron chi connectivity index (χ0n) is 12.0. The number of oxime groups is 1. The van der Waals surface area contributed by atoms with Gasteiger partial charge in [-0.05, 0) is 24.1 Å². The molecule has 6 heteroatoms. The van der Waals surface area contributed by atoms with Crippen LogP contribution in [0.15, 0.2) is 42.1 Å². The Morgan fingerprint density at radius 1 is 1.38 bits per heavy atom. The lowest BCUT2D eigenvalue weighted by Crippen LogP contribution is -2.12. The Balaban J connectivity index is 2.25. The zero-order chi connectivity index (χ0) is 15.2. The third-order valence-electron chi connectivity index (χ3n) is 2.72. The molecular formula is C15H17Cl2N3O. The first-order valence-electron chi connectivity index (χ1n) is 6.66. The Bertz CT molecular complexity index is 609. The van der Waals surface area contributed by atoms with E-state index in [0.29, 0.717) is 29.1 Å². The SMILES string of the molecule is CC(C)CO/N=C(/Cn1ccnc1)c1ccc(Cl)cc1Cl. The summed E-state index contributed by atoms with van der Waals surface area (Å²) < 4.78 is 1.91. The minimum absolute atomic E-state index is 0.406. The average Bonchev–Trinajstić information content (AvgIpc) is 2.90. The van der Waals surface area contributed by atoms with E-state index in [-0.39, 0.29) is 0 Å². The van der Waals surface area contributed by atoms with E-state index < -0.39 is 0 Å². The Labute approximate surface area is 134 Å². The van der Waals surface area contributed by atoms with Gasteiger partial charge < -0.3 is 9.40 Å². The zero-order valence-corrected chi connectivity index (χ0v) is 13.5. The first kappa shape index (κ1) is 15.9. The topological polar surface area (TPSA) is 39.4 Å². The maximum Gasteiger partial charge on any atom is 0.119 e. The minimum Gasteiger partial charge on any atom is -0.395 e. The Morgan fingerprint density at radius 2 is 2.19 bits per heavy atom. The van der Waals surface area contributed by atoms with Gasteiger partial charge in [0.05, 0.1) is 17.9 Å². The molecule has 21 heavy (non-hydrogen) atoms. The molecule has 4 nitrogen and oxygen atoms in total. The van der Waals surface area contributed by atoms with Gasteiger partial charge in [0.1, 0.15) is 12.3 Å². The fraction of sp³-hybridized carbons (Fsp3) is 0.333. The molecule has 0 N–H and O–H groups in total. The van der Waals surface area contributed by atoms with Crippen molar-refractivity contribution in [3.8, 4) is 0 Å². The van der Waals surface area contributed by atoms with E-state index in [1.54, 1.807) is 24.7 Å². The highest BCUT2D eigenvalue weighted by Gasteiger charge is 2.11. The van der Waals surface area contributed by atoms with Crippen molar-refractivity contribution < 1.29 is 4.84 Å². The van der Waals surface area contributed by atoms with E-state index in [4.69, 9.17) is 28.0 Å². The van der Waals surface area contributed by atoms with E-state index in [9.17, 15) is 0 Å². The van der Waals surface area contributed by atoms with Crippen LogP contribution in [-0.2, 0) is 11.4 Å². The summed E-state index contributed by atoms with van der Waals surface area (Å²) in [4.78, 5) is 9.44. The summed E-state index contributed by atoms with van der Waals surface area (Å²) in [6.45, 7) is 5.22. The van der Waals surface area contributed by atoms with Crippen molar-refractivity contribution in [3.63, 3.8) is 0 Å². The molecule has 1 aromatic heterocycles. The highest BCUT2D eigenvalue weighted by atomic mass is 35.5. The van der Waals surface area contributed by atoms with Crippen LogP contribution in [0.4, 0.5) is 0 Å². The van der Waals surface area contributed by atoms with Crippen molar-refractivity contribution in [3.05, 3.63) is 52.5 Å². The second kappa shape index (κ2) is 7.48. The fourth-order valence-corrected chi connectivity index (χ4v) is 2.22. The van der Waals surface area contributed by atoms with Gasteiger partial charge in [0, 0.05) is 23.0 Å². The summed E-state index contributed by atoms with van der Waals surface area (Å²) in [6.07, 6.45) is 5.31. The molecule has 0 amide bonds. The number of imidazole rings is 1. The van der Waals surface area contributed by atoms with E-state index in [0.717, 1.165) is 11.3 Å². The second-order valence-corrected chi connectivity index (χ2v) is 5.93. The molecule has 0 bridgehead atoms. The number of benzene rings is 1. The minimum atomic E-state index is 0.406. The summed E-state index contributed by atoms with van der Waals surface area (Å²) in [5, 5.41) is 5.38. The molecule has 0 aliphatic rings. The monoisotopic (exact) mass is 325 g/mol. The van der Waals surface area contributed by atoms with Crippen molar-refractivity contribution in [2.24, 2.45) is 11.1 Å². The number of halogens is 2. The van der Waals surface area contributed by atoms with Crippen molar-refractivity contribution in [1.29, 1.82) is 0 Å². The van der Waals surface area contributed by atoms with Gasteiger partial charge in [-0.15, -0.1) is 0 Å². The van der Waals surface area contributed by atoms with Crippen LogP contribution in [0, 0.1) is 5.92 Å². The summed E-state index contributed by atoms with van der Waals surface area (Å²) in [6, 6.07) is 5.33. The van der Waals surface area contributed by atoms with Crippen LogP contribution in [-0.4, -0.2) is 21.9 Å². The van der Waals surface area contributed by atoms with E-state index in [1.165, 1.54) is 0 Å². The van der Waals surface area contributed by atoms with Gasteiger partial charge in [-0.3, -0.25) is 0 Å². The Morgan fingerprint density at radius 3 is 2.81 bits per heavy atom. The Hall–Kier alpha value is -1.52. The maximum atomic E-state index is 6.26. The summed E-state index contributed by atoms with van der Waals surface area (Å²) >= 11 is 12.2. The maximum absolute atomic E-state index is 6.26. The average molecular weight is 326 g/mol. The lowest BCUT2D eigenvalue weighted by molar-refractivity contribution is 0.118. The molecule has 0 radical (unpaired) electrons. The second-order valence-electron chi connectivity index (χ2n) is 5.09. The summed E-state index contributed by atoms with van der Waals surface area (Å²) in [5.74, 6) is 0.406. The molecule has 112 valence electrons. The predicted octanol–water partition coefficient (Wildman–Crippen LogP) is 4.27. The first-order valence-corrected chi connectivity index (χ1v) is 7.42. The Kier molecular flexibility index (Phi) is 5.65. The van der Waals surface area contributed by atoms with Gasteiger partial charge in [0.2, 0.25) is 0 Å². The lowest BCUT2D eigenvalue weighted by atomic mass is 10.1. The highest BCUT2D eigenvalue weighted by molar-refractivity contribution is 6.37. The van der Waals surface area contributed by atoms with Crippen LogP contribution in [0.5, 0.6) is 0 Å². The molecule has 0 aliphatic carbocycles. The quantitative estimate of drug-likeness (QED) is 0.587.